The number of hydrogen-bond acceptors (Lipinski definition) is 3. The lowest BCUT2D eigenvalue weighted by molar-refractivity contribution is -0.132. The van der Waals surface area contributed by atoms with Gasteiger partial charge >= 0.3 is 0 Å². The van der Waals surface area contributed by atoms with E-state index in [1.165, 1.54) is 12.1 Å². The summed E-state index contributed by atoms with van der Waals surface area (Å²) in [6.07, 6.45) is 4.25. The van der Waals surface area contributed by atoms with Gasteiger partial charge in [0.05, 0.1) is 5.92 Å². The molecule has 158 valence electrons. The number of carbonyl (C=O) groups is 2. The van der Waals surface area contributed by atoms with Gasteiger partial charge in [0, 0.05) is 24.5 Å². The van der Waals surface area contributed by atoms with Crippen molar-refractivity contribution >= 4 is 23.2 Å². The second-order valence-corrected chi connectivity index (χ2v) is 8.05. The Balaban J connectivity index is 1.49. The number of carbonyl (C=O) groups excluding carboxylic acids is 2. The first-order valence-electron chi connectivity index (χ1n) is 10.6. The van der Waals surface area contributed by atoms with Crippen molar-refractivity contribution in [1.82, 2.24) is 0 Å². The summed E-state index contributed by atoms with van der Waals surface area (Å²) in [5.41, 5.74) is 3.48. The lowest BCUT2D eigenvalue weighted by Gasteiger charge is -2.34. The molecule has 0 saturated carbocycles. The quantitative estimate of drug-likeness (QED) is 0.812. The maximum atomic E-state index is 13.1. The second kappa shape index (κ2) is 8.96. The van der Waals surface area contributed by atoms with E-state index in [4.69, 9.17) is 4.74 Å². The number of fused-ring (bicyclic) bond motifs is 1. The van der Waals surface area contributed by atoms with Crippen LogP contribution in [0.5, 0.6) is 0 Å². The number of nitrogens with zero attached hydrogens (tertiary/aromatic N) is 1. The van der Waals surface area contributed by atoms with Crippen LogP contribution in [0.3, 0.4) is 0 Å². The Kier molecular flexibility index (Phi) is 6.13. The topological polar surface area (TPSA) is 58.6 Å². The first kappa shape index (κ1) is 20.5. The highest BCUT2D eigenvalue weighted by Gasteiger charge is 2.31. The Morgan fingerprint density at radius 2 is 1.93 bits per heavy atom. The molecular formula is C24H27FN2O3. The van der Waals surface area contributed by atoms with Crippen molar-refractivity contribution in [2.45, 2.75) is 51.0 Å². The van der Waals surface area contributed by atoms with E-state index in [1.54, 1.807) is 12.1 Å². The lowest BCUT2D eigenvalue weighted by Crippen LogP contribution is -2.44. The smallest absolute Gasteiger partial charge is 0.256 e. The van der Waals surface area contributed by atoms with Crippen LogP contribution in [0.25, 0.3) is 0 Å². The molecule has 2 aromatic carbocycles. The molecule has 0 aliphatic carbocycles. The number of anilines is 2. The Morgan fingerprint density at radius 3 is 2.67 bits per heavy atom. The zero-order valence-corrected chi connectivity index (χ0v) is 17.2. The van der Waals surface area contributed by atoms with Crippen molar-refractivity contribution in [2.24, 2.45) is 0 Å². The molecule has 30 heavy (non-hydrogen) atoms. The zero-order valence-electron chi connectivity index (χ0n) is 17.2. The highest BCUT2D eigenvalue weighted by atomic mass is 19.1. The number of aryl methyl sites for hydroxylation is 1. The minimum atomic E-state index is -0.367. The molecule has 2 atom stereocenters. The third-order valence-corrected chi connectivity index (χ3v) is 5.95. The first-order chi connectivity index (χ1) is 14.5. The number of hydrogen-bond donors (Lipinski definition) is 1. The molecule has 2 heterocycles. The number of benzene rings is 2. The third-order valence-electron chi connectivity index (χ3n) is 5.95. The maximum Gasteiger partial charge on any atom is 0.256 e. The molecule has 0 radical (unpaired) electrons. The van der Waals surface area contributed by atoms with E-state index in [0.717, 1.165) is 48.9 Å². The Labute approximate surface area is 176 Å². The fraction of sp³-hybridized carbons (Fsp3) is 0.417. The summed E-state index contributed by atoms with van der Waals surface area (Å²) in [6, 6.07) is 11.6. The molecule has 0 spiro atoms. The summed E-state index contributed by atoms with van der Waals surface area (Å²) in [6.45, 7) is 3.20. The highest BCUT2D eigenvalue weighted by molar-refractivity contribution is 5.98. The Morgan fingerprint density at radius 1 is 1.13 bits per heavy atom. The van der Waals surface area contributed by atoms with Gasteiger partial charge in [0.25, 0.3) is 5.91 Å². The fourth-order valence-corrected chi connectivity index (χ4v) is 4.16. The Bertz CT molecular complexity index is 923. The van der Waals surface area contributed by atoms with Gasteiger partial charge in [0.15, 0.2) is 0 Å². The number of amides is 2. The van der Waals surface area contributed by atoms with Crippen LogP contribution < -0.4 is 10.2 Å². The van der Waals surface area contributed by atoms with Crippen LogP contribution in [0.1, 0.15) is 49.7 Å². The van der Waals surface area contributed by atoms with Crippen molar-refractivity contribution in [1.29, 1.82) is 0 Å². The predicted octanol–water partition coefficient (Wildman–Crippen LogP) is 4.42. The van der Waals surface area contributed by atoms with Gasteiger partial charge in [-0.3, -0.25) is 9.59 Å². The molecule has 0 aromatic heterocycles. The van der Waals surface area contributed by atoms with Crippen LogP contribution in [0.15, 0.2) is 42.5 Å². The first-order valence-corrected chi connectivity index (χ1v) is 10.6. The molecule has 4 rings (SSSR count). The molecule has 2 aromatic rings. The van der Waals surface area contributed by atoms with Crippen LogP contribution in [0.4, 0.5) is 15.8 Å². The summed E-state index contributed by atoms with van der Waals surface area (Å²) < 4.78 is 18.8. The van der Waals surface area contributed by atoms with E-state index >= 15 is 0 Å². The van der Waals surface area contributed by atoms with Crippen molar-refractivity contribution in [3.63, 3.8) is 0 Å². The molecule has 5 nitrogen and oxygen atoms in total. The molecule has 2 amide bonds. The van der Waals surface area contributed by atoms with Gasteiger partial charge in [-0.05, 0) is 80.5 Å². The molecule has 1 N–H and O–H groups in total. The van der Waals surface area contributed by atoms with Crippen LogP contribution >= 0.6 is 0 Å². The molecule has 1 fully saturated rings. The third kappa shape index (κ3) is 4.38. The largest absolute Gasteiger partial charge is 0.368 e. The zero-order chi connectivity index (χ0) is 21.1. The van der Waals surface area contributed by atoms with Crippen LogP contribution in [-0.2, 0) is 20.7 Å². The van der Waals surface area contributed by atoms with Gasteiger partial charge in [-0.25, -0.2) is 4.39 Å². The number of halogens is 1. The van der Waals surface area contributed by atoms with Crippen LogP contribution in [-0.4, -0.2) is 31.1 Å². The molecule has 1 saturated heterocycles. The van der Waals surface area contributed by atoms with Gasteiger partial charge in [-0.1, -0.05) is 12.1 Å². The van der Waals surface area contributed by atoms with Gasteiger partial charge < -0.3 is 15.0 Å². The summed E-state index contributed by atoms with van der Waals surface area (Å²) in [5.74, 6) is -0.812. The highest BCUT2D eigenvalue weighted by Crippen LogP contribution is 2.32. The average Bonchev–Trinajstić information content (AvgIpc) is 2.79. The lowest BCUT2D eigenvalue weighted by atomic mass is 9.93. The van der Waals surface area contributed by atoms with E-state index in [2.05, 4.69) is 5.32 Å². The normalized spacial score (nSPS) is 19.7. The average molecular weight is 410 g/mol. The van der Waals surface area contributed by atoms with Gasteiger partial charge in [-0.15, -0.1) is 0 Å². The standard InChI is InChI=1S/C24H27FN2O3/c1-16(23(28)26-20-10-8-19(25)9-11-20)17-7-12-21-18(15-17)5-4-13-27(21)24(29)22-6-2-3-14-30-22/h7-12,15-16,22H,2-6,13-14H2,1H3,(H,26,28)/t16-,22-/m0/s1. The van der Waals surface area contributed by atoms with Gasteiger partial charge in [-0.2, -0.15) is 0 Å². The van der Waals surface area contributed by atoms with Crippen molar-refractivity contribution < 1.29 is 18.7 Å². The molecule has 2 aliphatic heterocycles. The van der Waals surface area contributed by atoms with Gasteiger partial charge in [0.2, 0.25) is 5.91 Å². The summed E-state index contributed by atoms with van der Waals surface area (Å²) in [4.78, 5) is 27.5. The molecule has 0 unspecified atom stereocenters. The van der Waals surface area contributed by atoms with Crippen molar-refractivity contribution in [2.75, 3.05) is 23.4 Å². The minimum Gasteiger partial charge on any atom is -0.368 e. The monoisotopic (exact) mass is 410 g/mol. The molecule has 6 heteroatoms. The van der Waals surface area contributed by atoms with E-state index in [1.807, 2.05) is 30.0 Å². The number of ether oxygens (including phenoxy) is 1. The molecular weight excluding hydrogens is 383 g/mol. The summed E-state index contributed by atoms with van der Waals surface area (Å²) >= 11 is 0. The number of nitrogens with one attached hydrogen (secondary N) is 1. The van der Waals surface area contributed by atoms with Crippen molar-refractivity contribution in [3.05, 3.63) is 59.4 Å². The predicted molar refractivity (Wildman–Crippen MR) is 114 cm³/mol. The van der Waals surface area contributed by atoms with E-state index in [9.17, 15) is 14.0 Å². The summed E-state index contributed by atoms with van der Waals surface area (Å²) in [7, 11) is 0. The fourth-order valence-electron chi connectivity index (χ4n) is 4.16. The second-order valence-electron chi connectivity index (χ2n) is 8.05. The van der Waals surface area contributed by atoms with Crippen LogP contribution in [0, 0.1) is 5.82 Å². The van der Waals surface area contributed by atoms with E-state index in [-0.39, 0.29) is 29.7 Å². The minimum absolute atomic E-state index is 0.0468. The molecule has 2 aliphatic rings. The van der Waals surface area contributed by atoms with Gasteiger partial charge in [0.1, 0.15) is 11.9 Å². The van der Waals surface area contributed by atoms with Crippen molar-refractivity contribution in [3.8, 4) is 0 Å². The molecule has 0 bridgehead atoms. The SMILES string of the molecule is C[C@H](C(=O)Nc1ccc(F)cc1)c1ccc2c(c1)CCCN2C(=O)[C@@H]1CCCCO1. The number of rotatable bonds is 4. The van der Waals surface area contributed by atoms with E-state index in [0.29, 0.717) is 18.8 Å². The summed E-state index contributed by atoms with van der Waals surface area (Å²) in [5, 5.41) is 2.83. The maximum absolute atomic E-state index is 13.1. The Hall–Kier alpha value is -2.73. The van der Waals surface area contributed by atoms with E-state index < -0.39 is 0 Å². The van der Waals surface area contributed by atoms with Crippen LogP contribution in [0.2, 0.25) is 0 Å².